The maximum absolute atomic E-state index is 3.86. The summed E-state index contributed by atoms with van der Waals surface area (Å²) in [7, 11) is 0. The number of rotatable bonds is 3. The van der Waals surface area contributed by atoms with Crippen LogP contribution >= 0.6 is 0 Å². The van der Waals surface area contributed by atoms with Gasteiger partial charge in [-0.25, -0.2) is 0 Å². The highest BCUT2D eigenvalue weighted by Crippen LogP contribution is 2.41. The largest absolute Gasteiger partial charge is 0.307 e. The Kier molecular flexibility index (Phi) is 4.06. The first-order valence-electron chi connectivity index (χ1n) is 7.62. The highest BCUT2D eigenvalue weighted by Gasteiger charge is 2.37. The molecule has 1 aliphatic carbocycles. The van der Waals surface area contributed by atoms with Crippen LogP contribution in [0.1, 0.15) is 63.3 Å². The van der Waals surface area contributed by atoms with E-state index in [-0.39, 0.29) is 0 Å². The first kappa shape index (κ1) is 14.6. The van der Waals surface area contributed by atoms with Gasteiger partial charge in [0.15, 0.2) is 0 Å². The Morgan fingerprint density at radius 2 is 1.89 bits per heavy atom. The molecule has 1 N–H and O–H groups in total. The Labute approximate surface area is 118 Å². The lowest BCUT2D eigenvalue weighted by molar-refractivity contribution is 0.356. The van der Waals surface area contributed by atoms with Crippen LogP contribution in [-0.2, 0) is 0 Å². The Balaban J connectivity index is 2.07. The average Bonchev–Trinajstić information content (AvgIpc) is 2.51. The molecule has 0 aromatic heterocycles. The second kappa shape index (κ2) is 5.28. The predicted molar refractivity (Wildman–Crippen MR) is 83.4 cm³/mol. The molecule has 0 spiro atoms. The molecule has 0 aliphatic heterocycles. The highest BCUT2D eigenvalue weighted by atomic mass is 15.0. The molecule has 1 aliphatic rings. The third-order valence-electron chi connectivity index (χ3n) is 4.69. The molecule has 1 fully saturated rings. The van der Waals surface area contributed by atoms with E-state index in [1.165, 1.54) is 29.5 Å². The van der Waals surface area contributed by atoms with Crippen LogP contribution in [0.5, 0.6) is 0 Å². The van der Waals surface area contributed by atoms with Crippen molar-refractivity contribution in [2.24, 2.45) is 11.3 Å². The van der Waals surface area contributed by atoms with Crippen LogP contribution in [0.2, 0.25) is 0 Å². The Hall–Kier alpha value is -0.820. The van der Waals surface area contributed by atoms with Crippen molar-refractivity contribution in [3.8, 4) is 0 Å². The summed E-state index contributed by atoms with van der Waals surface area (Å²) in [5.74, 6) is 0.781. The van der Waals surface area contributed by atoms with Gasteiger partial charge in [0.2, 0.25) is 0 Å². The van der Waals surface area contributed by atoms with Crippen molar-refractivity contribution in [2.45, 2.75) is 66.5 Å². The number of nitrogens with one attached hydrogen (secondary N) is 1. The summed E-state index contributed by atoms with van der Waals surface area (Å²) in [5.41, 5.74) is 4.70. The van der Waals surface area contributed by atoms with Crippen molar-refractivity contribution in [2.75, 3.05) is 0 Å². The van der Waals surface area contributed by atoms with Crippen LogP contribution in [0.4, 0.5) is 0 Å². The van der Waals surface area contributed by atoms with Gasteiger partial charge in [0, 0.05) is 12.1 Å². The maximum Gasteiger partial charge on any atom is 0.0297 e. The van der Waals surface area contributed by atoms with E-state index < -0.39 is 0 Å². The van der Waals surface area contributed by atoms with Gasteiger partial charge in [0.25, 0.3) is 0 Å². The van der Waals surface area contributed by atoms with Crippen molar-refractivity contribution in [3.05, 3.63) is 34.9 Å². The van der Waals surface area contributed by atoms with Gasteiger partial charge in [0.05, 0.1) is 0 Å². The van der Waals surface area contributed by atoms with Crippen LogP contribution in [0, 0.1) is 25.2 Å². The summed E-state index contributed by atoms with van der Waals surface area (Å²) in [5, 5.41) is 3.86. The molecule has 0 heterocycles. The smallest absolute Gasteiger partial charge is 0.0297 e. The van der Waals surface area contributed by atoms with Crippen molar-refractivity contribution in [3.63, 3.8) is 0 Å². The molecule has 0 radical (unpaired) electrons. The van der Waals surface area contributed by atoms with Crippen LogP contribution in [0.15, 0.2) is 18.2 Å². The van der Waals surface area contributed by atoms with Gasteiger partial charge in [-0.3, -0.25) is 0 Å². The minimum absolute atomic E-state index is 0.446. The molecule has 3 unspecified atom stereocenters. The van der Waals surface area contributed by atoms with E-state index in [9.17, 15) is 0 Å². The van der Waals surface area contributed by atoms with Gasteiger partial charge in [0.1, 0.15) is 0 Å². The zero-order valence-electron chi connectivity index (χ0n) is 13.4. The summed E-state index contributed by atoms with van der Waals surface area (Å²) >= 11 is 0. The van der Waals surface area contributed by atoms with Gasteiger partial charge in [-0.2, -0.15) is 0 Å². The SMILES string of the molecule is Cc1ccc(C(C)NC2CC(C)(C)CC2C)c(C)c1. The molecule has 2 rings (SSSR count). The molecular weight excluding hydrogens is 230 g/mol. The first-order chi connectivity index (χ1) is 8.78. The lowest BCUT2D eigenvalue weighted by Crippen LogP contribution is -2.34. The van der Waals surface area contributed by atoms with Crippen LogP contribution in [0.3, 0.4) is 0 Å². The summed E-state index contributed by atoms with van der Waals surface area (Å²) in [6.45, 7) is 13.9. The molecule has 0 saturated heterocycles. The van der Waals surface area contributed by atoms with Crippen LogP contribution in [-0.4, -0.2) is 6.04 Å². The summed E-state index contributed by atoms with van der Waals surface area (Å²) < 4.78 is 0. The molecule has 0 bridgehead atoms. The third kappa shape index (κ3) is 3.39. The van der Waals surface area contributed by atoms with E-state index in [1.54, 1.807) is 0 Å². The normalized spacial score (nSPS) is 27.5. The zero-order chi connectivity index (χ0) is 14.2. The first-order valence-corrected chi connectivity index (χ1v) is 7.62. The van der Waals surface area contributed by atoms with E-state index in [1.807, 2.05) is 0 Å². The zero-order valence-corrected chi connectivity index (χ0v) is 13.4. The minimum Gasteiger partial charge on any atom is -0.307 e. The Bertz CT molecular complexity index is 447. The fourth-order valence-corrected chi connectivity index (χ4v) is 3.84. The number of benzene rings is 1. The fraction of sp³-hybridized carbons (Fsp3) is 0.667. The maximum atomic E-state index is 3.86. The average molecular weight is 259 g/mol. The van der Waals surface area contributed by atoms with Gasteiger partial charge in [-0.05, 0) is 56.1 Å². The van der Waals surface area contributed by atoms with E-state index in [0.29, 0.717) is 17.5 Å². The van der Waals surface area contributed by atoms with Gasteiger partial charge in [-0.1, -0.05) is 44.5 Å². The summed E-state index contributed by atoms with van der Waals surface area (Å²) in [4.78, 5) is 0. The minimum atomic E-state index is 0.446. The molecule has 3 atom stereocenters. The van der Waals surface area contributed by atoms with Gasteiger partial charge < -0.3 is 5.32 Å². The van der Waals surface area contributed by atoms with Crippen LogP contribution in [0.25, 0.3) is 0 Å². The lowest BCUT2D eigenvalue weighted by atomic mass is 9.91. The second-order valence-corrected chi connectivity index (χ2v) is 7.40. The van der Waals surface area contributed by atoms with Gasteiger partial charge >= 0.3 is 0 Å². The standard InChI is InChI=1S/C18H29N/c1-12-7-8-16(13(2)9-12)15(4)19-17-11-18(5,6)10-14(17)3/h7-9,14-15,17,19H,10-11H2,1-6H3. The van der Waals surface area contributed by atoms with Crippen molar-refractivity contribution in [1.29, 1.82) is 0 Å². The molecule has 1 nitrogen and oxygen atoms in total. The quantitative estimate of drug-likeness (QED) is 0.824. The van der Waals surface area contributed by atoms with E-state index in [0.717, 1.165) is 5.92 Å². The molecule has 0 amide bonds. The van der Waals surface area contributed by atoms with Crippen molar-refractivity contribution < 1.29 is 0 Å². The summed E-state index contributed by atoms with van der Waals surface area (Å²) in [6.07, 6.45) is 2.63. The van der Waals surface area contributed by atoms with Crippen LogP contribution < -0.4 is 5.32 Å². The van der Waals surface area contributed by atoms with E-state index >= 15 is 0 Å². The summed E-state index contributed by atoms with van der Waals surface area (Å²) in [6, 6.07) is 7.90. The van der Waals surface area contributed by atoms with Crippen molar-refractivity contribution in [1.82, 2.24) is 5.32 Å². The molecule has 1 aromatic carbocycles. The topological polar surface area (TPSA) is 12.0 Å². The molecule has 1 aromatic rings. The van der Waals surface area contributed by atoms with Gasteiger partial charge in [-0.15, -0.1) is 0 Å². The molecule has 106 valence electrons. The Morgan fingerprint density at radius 3 is 2.42 bits per heavy atom. The van der Waals surface area contributed by atoms with E-state index in [4.69, 9.17) is 0 Å². The van der Waals surface area contributed by atoms with E-state index in [2.05, 4.69) is 65.1 Å². The Morgan fingerprint density at radius 1 is 1.21 bits per heavy atom. The number of aryl methyl sites for hydroxylation is 2. The molecule has 1 saturated carbocycles. The number of hydrogen-bond donors (Lipinski definition) is 1. The molecule has 19 heavy (non-hydrogen) atoms. The number of hydrogen-bond acceptors (Lipinski definition) is 1. The lowest BCUT2D eigenvalue weighted by Gasteiger charge is -2.25. The molecular formula is C18H29N. The monoisotopic (exact) mass is 259 g/mol. The van der Waals surface area contributed by atoms with Crippen molar-refractivity contribution >= 4 is 0 Å². The predicted octanol–water partition coefficient (Wildman–Crippen LogP) is 4.78. The third-order valence-corrected chi connectivity index (χ3v) is 4.69. The highest BCUT2D eigenvalue weighted by molar-refractivity contribution is 5.32. The molecule has 1 heteroatoms. The second-order valence-electron chi connectivity index (χ2n) is 7.40. The fourth-order valence-electron chi connectivity index (χ4n) is 3.84.